The molecule has 0 aliphatic carbocycles. The third-order valence-electron chi connectivity index (χ3n) is 4.98. The maximum atomic E-state index is 12.7. The first-order valence-corrected chi connectivity index (χ1v) is 10.5. The molecule has 0 saturated heterocycles. The van der Waals surface area contributed by atoms with Gasteiger partial charge in [-0.3, -0.25) is 9.59 Å². The van der Waals surface area contributed by atoms with Gasteiger partial charge in [0.05, 0.1) is 11.8 Å². The number of ether oxygens (including phenoxy) is 1. The molecule has 0 atom stereocenters. The summed E-state index contributed by atoms with van der Waals surface area (Å²) in [6.07, 6.45) is 1.36. The van der Waals surface area contributed by atoms with Crippen LogP contribution in [0.3, 0.4) is 0 Å². The van der Waals surface area contributed by atoms with Gasteiger partial charge in [-0.05, 0) is 48.0 Å². The van der Waals surface area contributed by atoms with Crippen molar-refractivity contribution < 1.29 is 19.1 Å². The monoisotopic (exact) mass is 451 g/mol. The summed E-state index contributed by atoms with van der Waals surface area (Å²) >= 11 is 0. The van der Waals surface area contributed by atoms with Crippen LogP contribution in [0.5, 0.6) is 5.75 Å². The van der Waals surface area contributed by atoms with Gasteiger partial charge in [0.1, 0.15) is 5.75 Å². The average molecular weight is 451 g/mol. The number of nitrogens with zero attached hydrogens (tertiary/aromatic N) is 1. The van der Waals surface area contributed by atoms with Crippen LogP contribution in [0.4, 0.5) is 5.69 Å². The van der Waals surface area contributed by atoms with Gasteiger partial charge in [0.25, 0.3) is 0 Å². The van der Waals surface area contributed by atoms with Crippen LogP contribution in [0.2, 0.25) is 0 Å². The lowest BCUT2D eigenvalue weighted by Crippen LogP contribution is -2.32. The standard InChI is InChI=1S/C27H21N3O4/c1-18-8-7-10-20(16-18)27(33)34-24-15-14-19-9-5-6-13-22(19)23(24)17-28-30-26(32)25(31)29-21-11-3-2-4-12-21/h2-17H,1H3,(H,29,31)(H,30,32). The molecule has 0 spiro atoms. The molecular formula is C27H21N3O4. The Bertz CT molecular complexity index is 1400. The smallest absolute Gasteiger partial charge is 0.343 e. The zero-order valence-corrected chi connectivity index (χ0v) is 18.3. The number of amides is 2. The van der Waals surface area contributed by atoms with Crippen molar-refractivity contribution in [2.75, 3.05) is 5.32 Å². The first kappa shape index (κ1) is 22.4. The number of hydrazone groups is 1. The van der Waals surface area contributed by atoms with E-state index < -0.39 is 17.8 Å². The lowest BCUT2D eigenvalue weighted by Gasteiger charge is -2.11. The van der Waals surface area contributed by atoms with Crippen LogP contribution >= 0.6 is 0 Å². The van der Waals surface area contributed by atoms with Crippen molar-refractivity contribution >= 4 is 40.5 Å². The number of para-hydroxylation sites is 1. The minimum absolute atomic E-state index is 0.275. The molecule has 0 saturated carbocycles. The molecule has 4 rings (SSSR count). The van der Waals surface area contributed by atoms with E-state index in [9.17, 15) is 14.4 Å². The van der Waals surface area contributed by atoms with Gasteiger partial charge >= 0.3 is 17.8 Å². The van der Waals surface area contributed by atoms with E-state index in [1.165, 1.54) is 6.21 Å². The number of fused-ring (bicyclic) bond motifs is 1. The number of carbonyl (C=O) groups excluding carboxylic acids is 3. The average Bonchev–Trinajstić information content (AvgIpc) is 2.85. The van der Waals surface area contributed by atoms with Gasteiger partial charge < -0.3 is 10.1 Å². The number of hydrogen-bond donors (Lipinski definition) is 2. The van der Waals surface area contributed by atoms with Gasteiger partial charge in [-0.25, -0.2) is 10.2 Å². The maximum Gasteiger partial charge on any atom is 0.343 e. The molecule has 0 aromatic heterocycles. The number of benzene rings is 4. The zero-order valence-electron chi connectivity index (χ0n) is 18.3. The second-order valence-electron chi connectivity index (χ2n) is 7.48. The molecule has 0 radical (unpaired) electrons. The number of esters is 1. The van der Waals surface area contributed by atoms with E-state index in [1.807, 2.05) is 43.3 Å². The molecule has 7 heteroatoms. The van der Waals surface area contributed by atoms with Crippen LogP contribution in [0.15, 0.2) is 96.1 Å². The van der Waals surface area contributed by atoms with E-state index in [2.05, 4.69) is 15.8 Å². The Hall–Kier alpha value is -4.78. The Kier molecular flexibility index (Phi) is 6.74. The number of nitrogens with one attached hydrogen (secondary N) is 2. The van der Waals surface area contributed by atoms with Gasteiger partial charge in [-0.15, -0.1) is 0 Å². The molecule has 0 aliphatic rings. The van der Waals surface area contributed by atoms with Crippen LogP contribution in [-0.4, -0.2) is 24.0 Å². The number of hydrogen-bond acceptors (Lipinski definition) is 5. The quantitative estimate of drug-likeness (QED) is 0.154. The maximum absolute atomic E-state index is 12.7. The van der Waals surface area contributed by atoms with E-state index in [4.69, 9.17) is 4.74 Å². The zero-order chi connectivity index (χ0) is 23.9. The molecule has 7 nitrogen and oxygen atoms in total. The Morgan fingerprint density at radius 3 is 2.38 bits per heavy atom. The van der Waals surface area contributed by atoms with Crippen molar-refractivity contribution in [3.05, 3.63) is 108 Å². The third-order valence-corrected chi connectivity index (χ3v) is 4.98. The van der Waals surface area contributed by atoms with Crippen molar-refractivity contribution in [2.24, 2.45) is 5.10 Å². The summed E-state index contributed by atoms with van der Waals surface area (Å²) in [5.41, 5.74) is 4.55. The highest BCUT2D eigenvalue weighted by molar-refractivity contribution is 6.39. The molecule has 4 aromatic rings. The van der Waals surface area contributed by atoms with E-state index in [1.54, 1.807) is 54.6 Å². The topological polar surface area (TPSA) is 96.9 Å². The van der Waals surface area contributed by atoms with E-state index in [0.717, 1.165) is 16.3 Å². The van der Waals surface area contributed by atoms with Crippen LogP contribution in [0, 0.1) is 6.92 Å². The summed E-state index contributed by atoms with van der Waals surface area (Å²) in [4.78, 5) is 37.0. The van der Waals surface area contributed by atoms with Crippen molar-refractivity contribution in [1.29, 1.82) is 0 Å². The molecule has 4 aromatic carbocycles. The predicted molar refractivity (Wildman–Crippen MR) is 131 cm³/mol. The molecule has 2 amide bonds. The highest BCUT2D eigenvalue weighted by Gasteiger charge is 2.15. The highest BCUT2D eigenvalue weighted by Crippen LogP contribution is 2.27. The number of aryl methyl sites for hydroxylation is 1. The molecule has 0 heterocycles. The number of anilines is 1. The number of carbonyl (C=O) groups is 3. The Morgan fingerprint density at radius 1 is 0.824 bits per heavy atom. The van der Waals surface area contributed by atoms with Crippen molar-refractivity contribution in [1.82, 2.24) is 5.43 Å². The van der Waals surface area contributed by atoms with E-state index in [0.29, 0.717) is 16.8 Å². The SMILES string of the molecule is Cc1cccc(C(=O)Oc2ccc3ccccc3c2C=NNC(=O)C(=O)Nc2ccccc2)c1. The molecule has 0 fully saturated rings. The molecule has 168 valence electrons. The second-order valence-corrected chi connectivity index (χ2v) is 7.48. The van der Waals surface area contributed by atoms with Gasteiger partial charge in [-0.2, -0.15) is 5.10 Å². The van der Waals surface area contributed by atoms with Crippen molar-refractivity contribution in [3.63, 3.8) is 0 Å². The normalized spacial score (nSPS) is 10.7. The third kappa shape index (κ3) is 5.34. The van der Waals surface area contributed by atoms with E-state index >= 15 is 0 Å². The highest BCUT2D eigenvalue weighted by atomic mass is 16.5. The van der Waals surface area contributed by atoms with Gasteiger partial charge in [-0.1, -0.05) is 66.2 Å². The fourth-order valence-electron chi connectivity index (χ4n) is 3.34. The van der Waals surface area contributed by atoms with Crippen LogP contribution in [0.25, 0.3) is 10.8 Å². The fraction of sp³-hybridized carbons (Fsp3) is 0.0370. The van der Waals surface area contributed by atoms with Gasteiger partial charge in [0, 0.05) is 11.3 Å². The largest absolute Gasteiger partial charge is 0.422 e. The van der Waals surface area contributed by atoms with Crippen molar-refractivity contribution in [2.45, 2.75) is 6.92 Å². The minimum atomic E-state index is -0.932. The molecule has 0 unspecified atom stereocenters. The number of rotatable bonds is 5. The lowest BCUT2D eigenvalue weighted by atomic mass is 10.0. The van der Waals surface area contributed by atoms with Crippen LogP contribution in [0.1, 0.15) is 21.5 Å². The molecular weight excluding hydrogens is 430 g/mol. The summed E-state index contributed by atoms with van der Waals surface area (Å²) < 4.78 is 5.66. The summed E-state index contributed by atoms with van der Waals surface area (Å²) in [6.45, 7) is 1.89. The lowest BCUT2D eigenvalue weighted by molar-refractivity contribution is -0.136. The van der Waals surface area contributed by atoms with Crippen LogP contribution in [-0.2, 0) is 9.59 Å². The van der Waals surface area contributed by atoms with Crippen LogP contribution < -0.4 is 15.5 Å². The first-order chi connectivity index (χ1) is 16.5. The summed E-state index contributed by atoms with van der Waals surface area (Å²) in [7, 11) is 0. The Morgan fingerprint density at radius 2 is 1.59 bits per heavy atom. The second kappa shape index (κ2) is 10.2. The summed E-state index contributed by atoms with van der Waals surface area (Å²) in [6, 6.07) is 26.7. The Balaban J connectivity index is 1.55. The van der Waals surface area contributed by atoms with E-state index in [-0.39, 0.29) is 5.75 Å². The Labute approximate surface area is 196 Å². The summed E-state index contributed by atoms with van der Waals surface area (Å²) in [5, 5.41) is 8.08. The van der Waals surface area contributed by atoms with Crippen molar-refractivity contribution in [3.8, 4) is 5.75 Å². The molecule has 2 N–H and O–H groups in total. The van der Waals surface area contributed by atoms with Gasteiger partial charge in [0.2, 0.25) is 0 Å². The fourth-order valence-corrected chi connectivity index (χ4v) is 3.34. The first-order valence-electron chi connectivity index (χ1n) is 10.5. The predicted octanol–water partition coefficient (Wildman–Crippen LogP) is 4.46. The molecule has 0 aliphatic heterocycles. The van der Waals surface area contributed by atoms with Gasteiger partial charge in [0.15, 0.2) is 0 Å². The molecule has 0 bridgehead atoms. The summed E-state index contributed by atoms with van der Waals surface area (Å²) in [5.74, 6) is -2.03. The minimum Gasteiger partial charge on any atom is -0.422 e. The molecule has 34 heavy (non-hydrogen) atoms.